The SMILES string of the molecule is O=C1CCC(Cn2c(CCl)nc3cc(Cl)cnc32)N1. The van der Waals surface area contributed by atoms with Crippen LogP contribution in [0.3, 0.4) is 0 Å². The second-order valence-electron chi connectivity index (χ2n) is 4.57. The normalized spacial score (nSPS) is 19.1. The van der Waals surface area contributed by atoms with E-state index in [1.54, 1.807) is 12.3 Å². The van der Waals surface area contributed by atoms with Crippen molar-refractivity contribution in [1.82, 2.24) is 19.9 Å². The Balaban J connectivity index is 1.98. The molecule has 1 N–H and O–H groups in total. The van der Waals surface area contributed by atoms with E-state index in [4.69, 9.17) is 23.2 Å². The van der Waals surface area contributed by atoms with Crippen molar-refractivity contribution < 1.29 is 4.79 Å². The maximum atomic E-state index is 11.2. The topological polar surface area (TPSA) is 59.8 Å². The summed E-state index contributed by atoms with van der Waals surface area (Å²) in [6.07, 6.45) is 2.99. The molecule has 5 nitrogen and oxygen atoms in total. The Morgan fingerprint density at radius 3 is 3.05 bits per heavy atom. The molecule has 1 fully saturated rings. The van der Waals surface area contributed by atoms with Crippen LogP contribution in [0.4, 0.5) is 0 Å². The Hall–Kier alpha value is -1.33. The van der Waals surface area contributed by atoms with Crippen LogP contribution in [-0.4, -0.2) is 26.5 Å². The van der Waals surface area contributed by atoms with E-state index in [0.29, 0.717) is 23.9 Å². The van der Waals surface area contributed by atoms with Crippen LogP contribution in [0.5, 0.6) is 0 Å². The van der Waals surface area contributed by atoms with Crippen LogP contribution >= 0.6 is 23.2 Å². The van der Waals surface area contributed by atoms with E-state index >= 15 is 0 Å². The fourth-order valence-corrected chi connectivity index (χ4v) is 2.72. The third kappa shape index (κ3) is 2.40. The number of hydrogen-bond donors (Lipinski definition) is 1. The molecule has 0 saturated carbocycles. The van der Waals surface area contributed by atoms with Gasteiger partial charge in [0.05, 0.1) is 10.9 Å². The van der Waals surface area contributed by atoms with Crippen LogP contribution in [0, 0.1) is 0 Å². The maximum absolute atomic E-state index is 11.2. The number of amides is 1. The molecular weight excluding hydrogens is 287 g/mol. The standard InChI is InChI=1S/C12H12Cl2N4O/c13-4-10-17-9-3-7(14)5-15-12(9)18(10)6-8-1-2-11(19)16-8/h3,5,8H,1-2,4,6H2,(H,16,19). The van der Waals surface area contributed by atoms with Crippen LogP contribution in [0.15, 0.2) is 12.3 Å². The molecule has 7 heteroatoms. The van der Waals surface area contributed by atoms with Gasteiger partial charge in [0, 0.05) is 25.2 Å². The van der Waals surface area contributed by atoms with Crippen LogP contribution in [-0.2, 0) is 17.2 Å². The number of imidazole rings is 1. The first kappa shape index (κ1) is 12.7. The van der Waals surface area contributed by atoms with Crippen molar-refractivity contribution in [3.8, 4) is 0 Å². The third-order valence-electron chi connectivity index (χ3n) is 3.24. The van der Waals surface area contributed by atoms with Gasteiger partial charge in [-0.3, -0.25) is 4.79 Å². The predicted octanol–water partition coefficient (Wildman–Crippen LogP) is 2.10. The Morgan fingerprint density at radius 1 is 1.53 bits per heavy atom. The number of pyridine rings is 1. The highest BCUT2D eigenvalue weighted by Crippen LogP contribution is 2.21. The van der Waals surface area contributed by atoms with E-state index in [1.165, 1.54) is 0 Å². The predicted molar refractivity (Wildman–Crippen MR) is 73.3 cm³/mol. The van der Waals surface area contributed by atoms with Crippen LogP contribution < -0.4 is 5.32 Å². The summed E-state index contributed by atoms with van der Waals surface area (Å²) in [6.45, 7) is 0.638. The molecule has 1 amide bonds. The second-order valence-corrected chi connectivity index (χ2v) is 5.28. The summed E-state index contributed by atoms with van der Waals surface area (Å²) in [4.78, 5) is 20.0. The lowest BCUT2D eigenvalue weighted by Crippen LogP contribution is -2.30. The monoisotopic (exact) mass is 298 g/mol. The summed E-state index contributed by atoms with van der Waals surface area (Å²) in [7, 11) is 0. The molecule has 1 saturated heterocycles. The number of carbonyl (C=O) groups excluding carboxylic acids is 1. The Bertz CT molecular complexity index is 640. The number of hydrogen-bond acceptors (Lipinski definition) is 3. The zero-order valence-electron chi connectivity index (χ0n) is 10.1. The number of carbonyl (C=O) groups is 1. The summed E-state index contributed by atoms with van der Waals surface area (Å²) < 4.78 is 1.95. The molecule has 2 aromatic heterocycles. The van der Waals surface area contributed by atoms with Crippen molar-refractivity contribution in [3.63, 3.8) is 0 Å². The Morgan fingerprint density at radius 2 is 2.37 bits per heavy atom. The minimum Gasteiger partial charge on any atom is -0.352 e. The molecular formula is C12H12Cl2N4O. The highest BCUT2D eigenvalue weighted by molar-refractivity contribution is 6.31. The summed E-state index contributed by atoms with van der Waals surface area (Å²) in [5.41, 5.74) is 1.48. The molecule has 0 spiro atoms. The van der Waals surface area contributed by atoms with Crippen molar-refractivity contribution in [2.24, 2.45) is 0 Å². The van der Waals surface area contributed by atoms with Gasteiger partial charge < -0.3 is 9.88 Å². The fourth-order valence-electron chi connectivity index (χ4n) is 2.36. The summed E-state index contributed by atoms with van der Waals surface area (Å²) in [6, 6.07) is 1.88. The largest absolute Gasteiger partial charge is 0.352 e. The third-order valence-corrected chi connectivity index (χ3v) is 3.68. The van der Waals surface area contributed by atoms with Crippen molar-refractivity contribution in [3.05, 3.63) is 23.1 Å². The Labute approximate surface area is 119 Å². The number of halogens is 2. The van der Waals surface area contributed by atoms with E-state index in [9.17, 15) is 4.79 Å². The molecule has 0 aromatic carbocycles. The highest BCUT2D eigenvalue weighted by atomic mass is 35.5. The molecule has 0 aliphatic carbocycles. The molecule has 19 heavy (non-hydrogen) atoms. The van der Waals surface area contributed by atoms with E-state index in [2.05, 4.69) is 15.3 Å². The van der Waals surface area contributed by atoms with Gasteiger partial charge in [0.2, 0.25) is 5.91 Å². The van der Waals surface area contributed by atoms with E-state index < -0.39 is 0 Å². The zero-order valence-corrected chi connectivity index (χ0v) is 11.6. The number of aromatic nitrogens is 3. The molecule has 0 radical (unpaired) electrons. The number of nitrogens with zero attached hydrogens (tertiary/aromatic N) is 3. The van der Waals surface area contributed by atoms with Crippen LogP contribution in [0.2, 0.25) is 5.02 Å². The van der Waals surface area contributed by atoms with Crippen LogP contribution in [0.1, 0.15) is 18.7 Å². The number of alkyl halides is 1. The minimum absolute atomic E-state index is 0.0952. The molecule has 1 aliphatic rings. The molecule has 2 aromatic rings. The number of fused-ring (bicyclic) bond motifs is 1. The Kier molecular flexibility index (Phi) is 3.33. The van der Waals surface area contributed by atoms with Gasteiger partial charge in [0.1, 0.15) is 11.3 Å². The summed E-state index contributed by atoms with van der Waals surface area (Å²) in [5.74, 6) is 1.14. The van der Waals surface area contributed by atoms with Gasteiger partial charge >= 0.3 is 0 Å². The second kappa shape index (κ2) is 4.98. The van der Waals surface area contributed by atoms with Gasteiger partial charge in [-0.25, -0.2) is 9.97 Å². The first-order valence-electron chi connectivity index (χ1n) is 6.03. The van der Waals surface area contributed by atoms with Gasteiger partial charge in [-0.2, -0.15) is 0 Å². The van der Waals surface area contributed by atoms with E-state index in [1.807, 2.05) is 4.57 Å². The van der Waals surface area contributed by atoms with Gasteiger partial charge in [-0.1, -0.05) is 11.6 Å². The van der Waals surface area contributed by atoms with Gasteiger partial charge in [-0.05, 0) is 12.5 Å². The lowest BCUT2D eigenvalue weighted by Gasteiger charge is -2.13. The molecule has 1 aliphatic heterocycles. The lowest BCUT2D eigenvalue weighted by atomic mass is 10.2. The molecule has 1 atom stereocenters. The van der Waals surface area contributed by atoms with E-state index in [0.717, 1.165) is 23.4 Å². The first-order chi connectivity index (χ1) is 9.17. The minimum atomic E-state index is 0.0952. The molecule has 3 heterocycles. The van der Waals surface area contributed by atoms with Gasteiger partial charge in [0.15, 0.2) is 5.65 Å². The quantitative estimate of drug-likeness (QED) is 0.883. The maximum Gasteiger partial charge on any atom is 0.220 e. The average Bonchev–Trinajstić information content (AvgIpc) is 2.94. The first-order valence-corrected chi connectivity index (χ1v) is 6.94. The number of rotatable bonds is 3. The average molecular weight is 299 g/mol. The van der Waals surface area contributed by atoms with Crippen molar-refractivity contribution in [1.29, 1.82) is 0 Å². The molecule has 0 bridgehead atoms. The zero-order chi connectivity index (χ0) is 13.4. The van der Waals surface area contributed by atoms with Gasteiger partial charge in [0.25, 0.3) is 0 Å². The summed E-state index contributed by atoms with van der Waals surface area (Å²) >= 11 is 11.8. The van der Waals surface area contributed by atoms with Crippen molar-refractivity contribution in [2.45, 2.75) is 31.3 Å². The van der Waals surface area contributed by atoms with Crippen LogP contribution in [0.25, 0.3) is 11.2 Å². The molecule has 100 valence electrons. The molecule has 3 rings (SSSR count). The summed E-state index contributed by atoms with van der Waals surface area (Å²) in [5, 5.41) is 3.48. The van der Waals surface area contributed by atoms with E-state index in [-0.39, 0.29) is 11.9 Å². The fraction of sp³-hybridized carbons (Fsp3) is 0.417. The highest BCUT2D eigenvalue weighted by Gasteiger charge is 2.23. The van der Waals surface area contributed by atoms with Crippen molar-refractivity contribution >= 4 is 40.3 Å². The smallest absolute Gasteiger partial charge is 0.220 e. The number of nitrogens with one attached hydrogen (secondary N) is 1. The van der Waals surface area contributed by atoms with Gasteiger partial charge in [-0.15, -0.1) is 11.6 Å². The lowest BCUT2D eigenvalue weighted by molar-refractivity contribution is -0.119. The van der Waals surface area contributed by atoms with Crippen molar-refractivity contribution in [2.75, 3.05) is 0 Å². The molecule has 1 unspecified atom stereocenters.